The van der Waals surface area contributed by atoms with Gasteiger partial charge in [-0.25, -0.2) is 9.13 Å². The maximum Gasteiger partial charge on any atom is 0.481 e. The molecule has 2 unspecified atom stereocenters. The van der Waals surface area contributed by atoms with Crippen LogP contribution in [-0.2, 0) is 22.7 Å². The van der Waals surface area contributed by atoms with Gasteiger partial charge in [-0.15, -0.1) is 0 Å². The summed E-state index contributed by atoms with van der Waals surface area (Å²) in [6.45, 7) is 5.73. The molecule has 0 aliphatic rings. The van der Waals surface area contributed by atoms with E-state index in [1.165, 1.54) is 5.57 Å². The molecule has 10 heteroatoms. The van der Waals surface area contributed by atoms with E-state index >= 15 is 0 Å². The molecule has 0 fully saturated rings. The molecule has 25 heavy (non-hydrogen) atoms. The summed E-state index contributed by atoms with van der Waals surface area (Å²) in [6.07, 6.45) is 8.53. The van der Waals surface area contributed by atoms with E-state index in [2.05, 4.69) is 21.8 Å². The third-order valence-corrected chi connectivity index (χ3v) is 5.65. The lowest BCUT2D eigenvalue weighted by Crippen LogP contribution is -2.11. The molecule has 0 aliphatic heterocycles. The Kier molecular flexibility index (Phi) is 12.0. The minimum Gasteiger partial charge on any atom is -0.377 e. The van der Waals surface area contributed by atoms with Crippen molar-refractivity contribution >= 4 is 15.6 Å². The zero-order chi connectivity index (χ0) is 19.5. The van der Waals surface area contributed by atoms with E-state index < -0.39 is 15.6 Å². The van der Waals surface area contributed by atoms with E-state index in [1.54, 1.807) is 13.2 Å². The van der Waals surface area contributed by atoms with Crippen molar-refractivity contribution in [2.75, 3.05) is 13.7 Å². The molecule has 0 saturated heterocycles. The van der Waals surface area contributed by atoms with E-state index in [0.29, 0.717) is 0 Å². The van der Waals surface area contributed by atoms with Crippen LogP contribution < -0.4 is 0 Å². The minimum absolute atomic E-state index is 0.123. The van der Waals surface area contributed by atoms with Crippen LogP contribution in [0.2, 0.25) is 0 Å². The molecule has 3 N–H and O–H groups in total. The van der Waals surface area contributed by atoms with Gasteiger partial charge in [0.2, 0.25) is 0 Å². The van der Waals surface area contributed by atoms with Crippen LogP contribution in [0.25, 0.3) is 0 Å². The van der Waals surface area contributed by atoms with Gasteiger partial charge in [0.05, 0.1) is 12.7 Å². The number of methoxy groups -OCH3 is 1. The summed E-state index contributed by atoms with van der Waals surface area (Å²) in [5.41, 5.74) is 2.10. The van der Waals surface area contributed by atoms with Crippen molar-refractivity contribution < 1.29 is 37.4 Å². The zero-order valence-corrected chi connectivity index (χ0v) is 17.0. The molecule has 0 aliphatic carbocycles. The molecule has 0 amide bonds. The van der Waals surface area contributed by atoms with Gasteiger partial charge >= 0.3 is 15.6 Å². The number of allylic oxidation sites excluding steroid dienone is 2. The molecule has 0 radical (unpaired) electrons. The monoisotopic (exact) mass is 400 g/mol. The highest BCUT2D eigenvalue weighted by atomic mass is 31.3. The average Bonchev–Trinajstić information content (AvgIpc) is 2.45. The number of hydrogen-bond donors (Lipinski definition) is 3. The third-order valence-electron chi connectivity index (χ3n) is 3.50. The van der Waals surface area contributed by atoms with Gasteiger partial charge in [0, 0.05) is 7.11 Å². The van der Waals surface area contributed by atoms with Crippen LogP contribution in [0.4, 0.5) is 0 Å². The van der Waals surface area contributed by atoms with Gasteiger partial charge in [0.1, 0.15) is 0 Å². The first-order chi connectivity index (χ1) is 11.5. The van der Waals surface area contributed by atoms with Gasteiger partial charge in [-0.3, -0.25) is 4.52 Å². The fourth-order valence-electron chi connectivity index (χ4n) is 2.11. The first-order valence-corrected chi connectivity index (χ1v) is 11.1. The number of ether oxygens (including phenoxy) is 1. The topological polar surface area (TPSA) is 123 Å². The lowest BCUT2D eigenvalue weighted by atomic mass is 10.0. The highest BCUT2D eigenvalue weighted by molar-refractivity contribution is 7.60. The molecular weight excluding hydrogens is 370 g/mol. The lowest BCUT2D eigenvalue weighted by molar-refractivity contribution is 0.122. The second kappa shape index (κ2) is 12.2. The standard InChI is InChI=1S/C15H30O8P2/c1-5-6-10-15(21-4)14(3)9-7-8-13(2)11-12-22-25(19,20)23-24(16,17)18/h9,11,15H,5-8,10,12H2,1-4H3,(H,19,20)(H2,16,17,18)/b13-11+,14-9+. The summed E-state index contributed by atoms with van der Waals surface area (Å²) in [5.74, 6) is 0. The van der Waals surface area contributed by atoms with E-state index in [0.717, 1.165) is 37.7 Å². The highest BCUT2D eigenvalue weighted by Gasteiger charge is 2.31. The van der Waals surface area contributed by atoms with Crippen molar-refractivity contribution in [2.45, 2.75) is 59.0 Å². The van der Waals surface area contributed by atoms with Crippen LogP contribution in [0.1, 0.15) is 52.9 Å². The molecule has 0 aromatic heterocycles. The van der Waals surface area contributed by atoms with E-state index in [4.69, 9.17) is 19.4 Å². The van der Waals surface area contributed by atoms with Crippen LogP contribution >= 0.6 is 15.6 Å². The predicted octanol–water partition coefficient (Wildman–Crippen LogP) is 4.09. The van der Waals surface area contributed by atoms with E-state index in [-0.39, 0.29) is 12.7 Å². The fourth-order valence-corrected chi connectivity index (χ4v) is 3.64. The molecule has 0 rings (SSSR count). The minimum atomic E-state index is -5.08. The number of unbranched alkanes of at least 4 members (excludes halogenated alkanes) is 1. The van der Waals surface area contributed by atoms with Gasteiger partial charge in [-0.1, -0.05) is 37.5 Å². The Morgan fingerprint density at radius 3 is 2.32 bits per heavy atom. The van der Waals surface area contributed by atoms with E-state index in [1.807, 2.05) is 13.8 Å². The average molecular weight is 400 g/mol. The van der Waals surface area contributed by atoms with Crippen LogP contribution in [0.3, 0.4) is 0 Å². The molecule has 8 nitrogen and oxygen atoms in total. The number of hydrogen-bond acceptors (Lipinski definition) is 5. The summed E-state index contributed by atoms with van der Waals surface area (Å²) in [4.78, 5) is 26.1. The summed E-state index contributed by atoms with van der Waals surface area (Å²) in [6, 6.07) is 0. The molecule has 0 bridgehead atoms. The quantitative estimate of drug-likeness (QED) is 0.312. The molecule has 0 heterocycles. The lowest BCUT2D eigenvalue weighted by Gasteiger charge is -2.16. The summed E-state index contributed by atoms with van der Waals surface area (Å²) in [7, 11) is -8.15. The van der Waals surface area contributed by atoms with Gasteiger partial charge in [0.25, 0.3) is 0 Å². The molecular formula is C15H30O8P2. The summed E-state index contributed by atoms with van der Waals surface area (Å²) < 4.78 is 35.5. The van der Waals surface area contributed by atoms with Crippen molar-refractivity contribution in [1.82, 2.24) is 0 Å². The van der Waals surface area contributed by atoms with Crippen molar-refractivity contribution in [3.05, 3.63) is 23.3 Å². The van der Waals surface area contributed by atoms with Gasteiger partial charge in [0.15, 0.2) is 0 Å². The summed E-state index contributed by atoms with van der Waals surface area (Å²) in [5, 5.41) is 0. The fraction of sp³-hybridized carbons (Fsp3) is 0.733. The van der Waals surface area contributed by atoms with Crippen LogP contribution in [0.15, 0.2) is 23.3 Å². The number of phosphoric acid groups is 2. The smallest absolute Gasteiger partial charge is 0.377 e. The highest BCUT2D eigenvalue weighted by Crippen LogP contribution is 2.57. The SMILES string of the molecule is CCCCC(OC)/C(C)=C/CC/C(C)=C/COP(=O)(O)OP(=O)(O)O. The molecule has 2 atom stereocenters. The predicted molar refractivity (Wildman–Crippen MR) is 96.0 cm³/mol. The Hall–Kier alpha value is -0.300. The maximum atomic E-state index is 11.3. The largest absolute Gasteiger partial charge is 0.481 e. The third kappa shape index (κ3) is 13.5. The van der Waals surface area contributed by atoms with E-state index in [9.17, 15) is 9.13 Å². The van der Waals surface area contributed by atoms with Gasteiger partial charge in [-0.2, -0.15) is 4.31 Å². The first-order valence-electron chi connectivity index (χ1n) is 8.10. The van der Waals surface area contributed by atoms with Crippen molar-refractivity contribution in [2.24, 2.45) is 0 Å². The molecule has 148 valence electrons. The van der Waals surface area contributed by atoms with Crippen molar-refractivity contribution in [3.63, 3.8) is 0 Å². The molecule has 0 spiro atoms. The van der Waals surface area contributed by atoms with Crippen LogP contribution in [0, 0.1) is 0 Å². The number of rotatable bonds is 13. The molecule has 0 saturated carbocycles. The number of phosphoric ester groups is 1. The Balaban J connectivity index is 4.34. The Bertz CT molecular complexity index is 538. The van der Waals surface area contributed by atoms with Crippen LogP contribution in [0.5, 0.6) is 0 Å². The summed E-state index contributed by atoms with van der Waals surface area (Å²) >= 11 is 0. The van der Waals surface area contributed by atoms with Crippen LogP contribution in [-0.4, -0.2) is 34.5 Å². The van der Waals surface area contributed by atoms with Crippen molar-refractivity contribution in [1.29, 1.82) is 0 Å². The normalized spacial score (nSPS) is 17.4. The Morgan fingerprint density at radius 1 is 1.16 bits per heavy atom. The van der Waals surface area contributed by atoms with Gasteiger partial charge < -0.3 is 19.4 Å². The maximum absolute atomic E-state index is 11.3. The van der Waals surface area contributed by atoms with Gasteiger partial charge in [-0.05, 0) is 38.7 Å². The molecule has 0 aromatic rings. The Labute approximate surface area is 149 Å². The first kappa shape index (κ1) is 24.7. The Morgan fingerprint density at radius 2 is 1.80 bits per heavy atom. The zero-order valence-electron chi connectivity index (χ0n) is 15.3. The van der Waals surface area contributed by atoms with Crippen molar-refractivity contribution in [3.8, 4) is 0 Å². The second-order valence-electron chi connectivity index (χ2n) is 5.74. The second-order valence-corrected chi connectivity index (χ2v) is 8.57. The molecule has 0 aromatic carbocycles.